The molecule has 0 atom stereocenters. The highest BCUT2D eigenvalue weighted by atomic mass is 32.2. The number of amides is 1. The fourth-order valence-corrected chi connectivity index (χ4v) is 6.22. The van der Waals surface area contributed by atoms with Crippen LogP contribution in [0, 0.1) is 6.92 Å². The molecular weight excluding hydrogens is 394 g/mol. The second kappa shape index (κ2) is 7.52. The molecule has 3 aromatic rings. The molecule has 146 valence electrons. The molecule has 1 aliphatic heterocycles. The molecule has 3 heterocycles. The van der Waals surface area contributed by atoms with Crippen molar-refractivity contribution in [3.8, 4) is 5.13 Å². The zero-order valence-corrected chi connectivity index (χ0v) is 17.1. The van der Waals surface area contributed by atoms with Gasteiger partial charge in [0.05, 0.1) is 15.8 Å². The summed E-state index contributed by atoms with van der Waals surface area (Å²) < 4.78 is 27.5. The molecule has 6 nitrogen and oxygen atoms in total. The predicted octanol–water partition coefficient (Wildman–Crippen LogP) is 3.32. The molecule has 1 saturated heterocycles. The van der Waals surface area contributed by atoms with Gasteiger partial charge < -0.3 is 9.47 Å². The van der Waals surface area contributed by atoms with E-state index in [0.29, 0.717) is 41.4 Å². The minimum atomic E-state index is -3.36. The number of hydrogen-bond donors (Lipinski definition) is 0. The Morgan fingerprint density at radius 3 is 2.36 bits per heavy atom. The lowest BCUT2D eigenvalue weighted by Crippen LogP contribution is -2.42. The van der Waals surface area contributed by atoms with Crippen molar-refractivity contribution in [2.75, 3.05) is 13.1 Å². The third-order valence-electron chi connectivity index (χ3n) is 5.04. The molecule has 2 aromatic heterocycles. The lowest BCUT2D eigenvalue weighted by molar-refractivity contribution is 0.0729. The third-order valence-corrected chi connectivity index (χ3v) is 8.48. The fraction of sp³-hybridized carbons (Fsp3) is 0.300. The number of thiazole rings is 1. The summed E-state index contributed by atoms with van der Waals surface area (Å²) >= 11 is 1.36. The molecule has 1 aromatic carbocycles. The number of rotatable bonds is 4. The van der Waals surface area contributed by atoms with Gasteiger partial charge in [-0.05, 0) is 44.0 Å². The Kier molecular flexibility index (Phi) is 5.07. The van der Waals surface area contributed by atoms with E-state index in [2.05, 4.69) is 4.98 Å². The third kappa shape index (κ3) is 3.49. The Hall–Kier alpha value is -2.45. The molecule has 1 aliphatic rings. The van der Waals surface area contributed by atoms with E-state index in [4.69, 9.17) is 0 Å². The van der Waals surface area contributed by atoms with E-state index in [0.717, 1.165) is 5.13 Å². The van der Waals surface area contributed by atoms with Gasteiger partial charge >= 0.3 is 0 Å². The van der Waals surface area contributed by atoms with Crippen LogP contribution in [0.5, 0.6) is 0 Å². The standard InChI is InChI=1S/C20H21N3O3S2/c1-15-18(27-20(21-15)23-11-5-6-12-23)19(24)22-13-9-17(10-14-22)28(25,26)16-7-3-2-4-8-16/h2-8,11-12,17H,9-10,13-14H2,1H3. The highest BCUT2D eigenvalue weighted by Gasteiger charge is 2.33. The SMILES string of the molecule is Cc1nc(-n2cccc2)sc1C(=O)N1CCC(S(=O)(=O)c2ccccc2)CC1. The van der Waals surface area contributed by atoms with Crippen LogP contribution in [0.15, 0.2) is 59.8 Å². The zero-order chi connectivity index (χ0) is 19.7. The maximum absolute atomic E-state index is 13.0. The predicted molar refractivity (Wildman–Crippen MR) is 109 cm³/mol. The van der Waals surface area contributed by atoms with Crippen LogP contribution < -0.4 is 0 Å². The van der Waals surface area contributed by atoms with E-state index < -0.39 is 15.1 Å². The van der Waals surface area contributed by atoms with Gasteiger partial charge in [0.25, 0.3) is 5.91 Å². The van der Waals surface area contributed by atoms with Crippen LogP contribution in [-0.4, -0.2) is 47.1 Å². The molecule has 0 unspecified atom stereocenters. The monoisotopic (exact) mass is 415 g/mol. The number of sulfone groups is 1. The first kappa shape index (κ1) is 18.9. The molecule has 1 fully saturated rings. The van der Waals surface area contributed by atoms with Gasteiger partial charge in [-0.3, -0.25) is 4.79 Å². The van der Waals surface area contributed by atoms with Gasteiger partial charge in [-0.1, -0.05) is 29.5 Å². The lowest BCUT2D eigenvalue weighted by atomic mass is 10.1. The van der Waals surface area contributed by atoms with Gasteiger partial charge in [0.2, 0.25) is 0 Å². The van der Waals surface area contributed by atoms with Gasteiger partial charge in [-0.15, -0.1) is 0 Å². The molecule has 1 amide bonds. The lowest BCUT2D eigenvalue weighted by Gasteiger charge is -2.31. The number of likely N-dealkylation sites (tertiary alicyclic amines) is 1. The van der Waals surface area contributed by atoms with Crippen LogP contribution in [-0.2, 0) is 9.84 Å². The van der Waals surface area contributed by atoms with Crippen LogP contribution in [0.2, 0.25) is 0 Å². The summed E-state index contributed by atoms with van der Waals surface area (Å²) in [6.07, 6.45) is 4.69. The molecule has 0 N–H and O–H groups in total. The number of carbonyl (C=O) groups is 1. The summed E-state index contributed by atoms with van der Waals surface area (Å²) in [5, 5.41) is 0.310. The normalized spacial score (nSPS) is 15.7. The minimum Gasteiger partial charge on any atom is -0.338 e. The maximum atomic E-state index is 13.0. The molecule has 8 heteroatoms. The Bertz CT molecular complexity index is 1070. The van der Waals surface area contributed by atoms with Crippen molar-refractivity contribution in [3.63, 3.8) is 0 Å². The summed E-state index contributed by atoms with van der Waals surface area (Å²) in [4.78, 5) is 20.2. The minimum absolute atomic E-state index is 0.0658. The van der Waals surface area contributed by atoms with Crippen LogP contribution in [0.25, 0.3) is 5.13 Å². The van der Waals surface area contributed by atoms with E-state index in [1.54, 1.807) is 35.2 Å². The van der Waals surface area contributed by atoms with Gasteiger partial charge in [-0.25, -0.2) is 13.4 Å². The summed E-state index contributed by atoms with van der Waals surface area (Å²) in [5.41, 5.74) is 0.706. The van der Waals surface area contributed by atoms with E-state index in [1.165, 1.54) is 11.3 Å². The van der Waals surface area contributed by atoms with E-state index >= 15 is 0 Å². The van der Waals surface area contributed by atoms with Crippen molar-refractivity contribution in [3.05, 3.63) is 65.4 Å². The summed E-state index contributed by atoms with van der Waals surface area (Å²) in [6, 6.07) is 12.4. The molecule has 0 aliphatic carbocycles. The highest BCUT2D eigenvalue weighted by Crippen LogP contribution is 2.28. The second-order valence-corrected chi connectivity index (χ2v) is 10.1. The molecular formula is C20H21N3O3S2. The van der Waals surface area contributed by atoms with E-state index in [1.807, 2.05) is 36.0 Å². The molecule has 0 spiro atoms. The van der Waals surface area contributed by atoms with Gasteiger partial charge in [0, 0.05) is 25.5 Å². The molecule has 0 bridgehead atoms. The Morgan fingerprint density at radius 2 is 1.71 bits per heavy atom. The molecule has 4 rings (SSSR count). The van der Waals surface area contributed by atoms with Gasteiger partial charge in [0.15, 0.2) is 15.0 Å². The fourth-order valence-electron chi connectivity index (χ4n) is 3.47. The number of carbonyl (C=O) groups excluding carboxylic acids is 1. The average Bonchev–Trinajstić information content (AvgIpc) is 3.38. The number of benzene rings is 1. The summed E-state index contributed by atoms with van der Waals surface area (Å²) in [6.45, 7) is 2.71. The van der Waals surface area contributed by atoms with Crippen LogP contribution >= 0.6 is 11.3 Å². The topological polar surface area (TPSA) is 72.3 Å². The van der Waals surface area contributed by atoms with Crippen molar-refractivity contribution in [2.45, 2.75) is 29.9 Å². The number of piperidine rings is 1. The average molecular weight is 416 g/mol. The Labute approximate surface area is 168 Å². The highest BCUT2D eigenvalue weighted by molar-refractivity contribution is 7.92. The second-order valence-electron chi connectivity index (χ2n) is 6.85. The van der Waals surface area contributed by atoms with E-state index in [-0.39, 0.29) is 5.91 Å². The van der Waals surface area contributed by atoms with Gasteiger partial charge in [-0.2, -0.15) is 0 Å². The number of aryl methyl sites for hydroxylation is 1. The number of nitrogens with zero attached hydrogens (tertiary/aromatic N) is 3. The number of aromatic nitrogens is 2. The summed E-state index contributed by atoms with van der Waals surface area (Å²) in [7, 11) is -3.36. The molecule has 0 saturated carbocycles. The van der Waals surface area contributed by atoms with Crippen LogP contribution in [0.4, 0.5) is 0 Å². The zero-order valence-electron chi connectivity index (χ0n) is 15.5. The van der Waals surface area contributed by atoms with Gasteiger partial charge in [0.1, 0.15) is 4.88 Å². The first-order valence-corrected chi connectivity index (χ1v) is 11.5. The Balaban J connectivity index is 1.46. The molecule has 28 heavy (non-hydrogen) atoms. The van der Waals surface area contributed by atoms with Crippen molar-refractivity contribution in [1.82, 2.24) is 14.5 Å². The largest absolute Gasteiger partial charge is 0.338 e. The number of hydrogen-bond acceptors (Lipinski definition) is 5. The van der Waals surface area contributed by atoms with Crippen LogP contribution in [0.3, 0.4) is 0 Å². The van der Waals surface area contributed by atoms with Crippen molar-refractivity contribution in [1.29, 1.82) is 0 Å². The van der Waals surface area contributed by atoms with Crippen molar-refractivity contribution in [2.24, 2.45) is 0 Å². The van der Waals surface area contributed by atoms with Crippen molar-refractivity contribution < 1.29 is 13.2 Å². The smallest absolute Gasteiger partial charge is 0.265 e. The van der Waals surface area contributed by atoms with E-state index in [9.17, 15) is 13.2 Å². The molecule has 0 radical (unpaired) electrons. The Morgan fingerprint density at radius 1 is 1.07 bits per heavy atom. The summed E-state index contributed by atoms with van der Waals surface area (Å²) in [5.74, 6) is -0.0658. The van der Waals surface area contributed by atoms with Crippen LogP contribution in [0.1, 0.15) is 28.2 Å². The first-order valence-electron chi connectivity index (χ1n) is 9.16. The van der Waals surface area contributed by atoms with Crippen molar-refractivity contribution >= 4 is 27.1 Å². The maximum Gasteiger partial charge on any atom is 0.265 e. The first-order chi connectivity index (χ1) is 13.5. The quantitative estimate of drug-likeness (QED) is 0.655.